The monoisotopic (exact) mass is 754 g/mol. The molecule has 17 nitrogen and oxygen atoms in total. The van der Waals surface area contributed by atoms with Crippen LogP contribution in [0.15, 0.2) is 82.3 Å². The van der Waals surface area contributed by atoms with Gasteiger partial charge in [0.15, 0.2) is 5.96 Å². The van der Waals surface area contributed by atoms with Crippen LogP contribution in [0.2, 0.25) is 0 Å². The molecule has 0 unspecified atom stereocenters. The molecule has 0 saturated heterocycles. The average molecular weight is 755 g/mol. The molecule has 2 aromatic carbocycles. The van der Waals surface area contributed by atoms with E-state index in [-0.39, 0.29) is 31.8 Å². The first-order valence-electron chi connectivity index (χ1n) is 17.0. The van der Waals surface area contributed by atoms with Crippen molar-refractivity contribution < 1.29 is 43.5 Å². The van der Waals surface area contributed by atoms with Gasteiger partial charge in [0.1, 0.15) is 12.1 Å². The number of rotatable bonds is 20. The van der Waals surface area contributed by atoms with Gasteiger partial charge in [0.05, 0.1) is 24.6 Å². The maximum absolute atomic E-state index is 13.9. The maximum atomic E-state index is 13.9. The van der Waals surface area contributed by atoms with Crippen LogP contribution in [-0.4, -0.2) is 82.6 Å². The van der Waals surface area contributed by atoms with E-state index in [0.717, 1.165) is 5.56 Å². The van der Waals surface area contributed by atoms with Crippen molar-refractivity contribution in [2.75, 3.05) is 13.2 Å². The van der Waals surface area contributed by atoms with E-state index in [1.165, 1.54) is 13.0 Å². The highest BCUT2D eigenvalue weighted by atomic mass is 31.2. The number of nitrogens with one attached hydrogen (secondary N) is 4. The van der Waals surface area contributed by atoms with Gasteiger partial charge < -0.3 is 52.8 Å². The van der Waals surface area contributed by atoms with Gasteiger partial charge in [0.25, 0.3) is 0 Å². The minimum absolute atomic E-state index is 0.00986. The standard InChI is InChI=1S/C35H49N8O9P/c1-22(44)40-29(18-23-10-4-2-5-11-23)34(48)43-30(19-24-12-6-3-7-13-24)33(47)41-26(21-52-53(49,50)51)20-25-14-8-15-27(25)32(46)42-28(31(36)45)16-9-17-39-35(37)38/h2-7,10-13,20,26-30H,8-9,14-19,21H2,1H3,(H2,36,45)(H,40,44)(H,41,47)(H,42,46)(H,43,48)(H4,37,38,39)(H2,49,50,51)/p-2/b25-20+/t26-,27-,28+,29+,30+/m1/s1. The molecule has 10 N–H and O–H groups in total. The van der Waals surface area contributed by atoms with E-state index < -0.39 is 74.0 Å². The molecular formula is C35H47N8O9P-2. The molecule has 3 rings (SSSR count). The van der Waals surface area contributed by atoms with Gasteiger partial charge in [-0.15, -0.1) is 0 Å². The number of aliphatic imine (C=N–C) groups is 2. The fourth-order valence-electron chi connectivity index (χ4n) is 5.84. The first-order chi connectivity index (χ1) is 25.1. The van der Waals surface area contributed by atoms with E-state index in [4.69, 9.17) is 21.4 Å². The average Bonchev–Trinajstić information content (AvgIpc) is 3.56. The molecule has 53 heavy (non-hydrogen) atoms. The molecule has 1 saturated carbocycles. The lowest BCUT2D eigenvalue weighted by atomic mass is 9.98. The molecule has 1 aliphatic carbocycles. The van der Waals surface area contributed by atoms with Crippen LogP contribution in [-0.2, 0) is 36.3 Å². The first-order valence-corrected chi connectivity index (χ1v) is 18.6. The summed E-state index contributed by atoms with van der Waals surface area (Å²) >= 11 is 0. The number of nitrogens with two attached hydrogens (primary N) is 2. The zero-order valence-electron chi connectivity index (χ0n) is 29.4. The SMILES string of the molecule is CC([O-])=N[C@@H](Cc1ccccc1)C(=O)N[C@@H](Cc1ccccc1)C(=O)N[C@H](/C=C1\CCC[C@H]1C(=O)N[C@@H](CCCN=C(N)N)C(=N)[O-])COP(=O)(O)O. The van der Waals surface area contributed by atoms with Crippen LogP contribution < -0.4 is 37.6 Å². The maximum Gasteiger partial charge on any atom is 0.469 e. The largest absolute Gasteiger partial charge is 0.862 e. The number of benzene rings is 2. The van der Waals surface area contributed by atoms with Crippen LogP contribution in [0.1, 0.15) is 50.2 Å². The highest BCUT2D eigenvalue weighted by Gasteiger charge is 2.32. The smallest absolute Gasteiger partial charge is 0.469 e. The molecule has 0 heterocycles. The summed E-state index contributed by atoms with van der Waals surface area (Å²) < 4.78 is 16.5. The van der Waals surface area contributed by atoms with E-state index in [1.807, 2.05) is 0 Å². The van der Waals surface area contributed by atoms with Gasteiger partial charge in [-0.2, -0.15) is 0 Å². The highest BCUT2D eigenvalue weighted by Crippen LogP contribution is 2.36. The third kappa shape index (κ3) is 15.6. The third-order valence-corrected chi connectivity index (χ3v) is 8.78. The first kappa shape index (κ1) is 42.3. The van der Waals surface area contributed by atoms with Crippen LogP contribution in [0.3, 0.4) is 0 Å². The van der Waals surface area contributed by atoms with E-state index in [1.54, 1.807) is 60.7 Å². The highest BCUT2D eigenvalue weighted by molar-refractivity contribution is 7.46. The zero-order chi connectivity index (χ0) is 39.0. The molecule has 3 amide bonds. The fraction of sp³-hybridized carbons (Fsp3) is 0.429. The molecule has 1 fully saturated rings. The summed E-state index contributed by atoms with van der Waals surface area (Å²) in [6.45, 7) is 0.729. The number of nitrogens with zero attached hydrogens (tertiary/aromatic N) is 2. The second-order valence-corrected chi connectivity index (χ2v) is 13.8. The fourth-order valence-corrected chi connectivity index (χ4v) is 6.20. The molecule has 0 radical (unpaired) electrons. The summed E-state index contributed by atoms with van der Waals surface area (Å²) in [5.41, 5.74) is 12.6. The van der Waals surface area contributed by atoms with Crippen molar-refractivity contribution in [2.45, 2.75) is 76.0 Å². The molecule has 5 atom stereocenters. The summed E-state index contributed by atoms with van der Waals surface area (Å²) in [5, 5.41) is 39.6. The Labute approximate surface area is 307 Å². The van der Waals surface area contributed by atoms with E-state index in [0.29, 0.717) is 36.8 Å². The Kier molecular flexibility index (Phi) is 16.6. The summed E-state index contributed by atoms with van der Waals surface area (Å²) in [6.07, 6.45) is 3.34. The molecule has 0 spiro atoms. The normalized spacial score (nSPS) is 17.6. The van der Waals surface area contributed by atoms with E-state index in [9.17, 15) is 38.9 Å². The van der Waals surface area contributed by atoms with Gasteiger partial charge in [-0.25, -0.2) is 4.57 Å². The van der Waals surface area contributed by atoms with Crippen LogP contribution in [0, 0.1) is 11.3 Å². The predicted octanol–water partition coefficient (Wildman–Crippen LogP) is -0.700. The van der Waals surface area contributed by atoms with Gasteiger partial charge in [0.2, 0.25) is 17.7 Å². The van der Waals surface area contributed by atoms with E-state index >= 15 is 0 Å². The predicted molar refractivity (Wildman–Crippen MR) is 194 cm³/mol. The lowest BCUT2D eigenvalue weighted by Gasteiger charge is -2.26. The molecule has 0 bridgehead atoms. The summed E-state index contributed by atoms with van der Waals surface area (Å²) in [5.74, 6) is -4.43. The lowest BCUT2D eigenvalue weighted by Crippen LogP contribution is -2.53. The molecule has 1 aliphatic rings. The lowest BCUT2D eigenvalue weighted by molar-refractivity contribution is -0.223. The van der Waals surface area contributed by atoms with Crippen molar-refractivity contribution in [2.24, 2.45) is 27.4 Å². The molecule has 2 aromatic rings. The molecule has 0 aliphatic heterocycles. The molecule has 288 valence electrons. The Morgan fingerprint density at radius 3 is 2.17 bits per heavy atom. The van der Waals surface area contributed by atoms with Gasteiger partial charge in [-0.1, -0.05) is 72.3 Å². The Balaban J connectivity index is 1.86. The number of carbonyl (C=O) groups is 3. The van der Waals surface area contributed by atoms with Crippen LogP contribution in [0.5, 0.6) is 0 Å². The second kappa shape index (κ2) is 20.8. The van der Waals surface area contributed by atoms with Crippen molar-refractivity contribution in [3.8, 4) is 0 Å². The van der Waals surface area contributed by atoms with Gasteiger partial charge in [-0.3, -0.25) is 28.9 Å². The number of guanidine groups is 1. The number of carbonyl (C=O) groups excluding carboxylic acids is 3. The summed E-state index contributed by atoms with van der Waals surface area (Å²) in [7, 11) is -5.01. The van der Waals surface area contributed by atoms with Gasteiger partial charge in [-0.05, 0) is 62.0 Å². The second-order valence-electron chi connectivity index (χ2n) is 12.6. The van der Waals surface area contributed by atoms with Crippen molar-refractivity contribution in [3.05, 3.63) is 83.4 Å². The number of hydrogen-bond donors (Lipinski definition) is 8. The Hall–Kier alpha value is -5.09. The van der Waals surface area contributed by atoms with Crippen LogP contribution in [0.25, 0.3) is 0 Å². The molecular weight excluding hydrogens is 707 g/mol. The van der Waals surface area contributed by atoms with Crippen molar-refractivity contribution in [1.82, 2.24) is 16.0 Å². The summed E-state index contributed by atoms with van der Waals surface area (Å²) in [4.78, 5) is 67.7. The number of phosphoric ester groups is 1. The van der Waals surface area contributed by atoms with Crippen molar-refractivity contribution >= 4 is 43.3 Å². The van der Waals surface area contributed by atoms with Crippen molar-refractivity contribution in [1.29, 1.82) is 5.41 Å². The Bertz CT molecular complexity index is 1680. The van der Waals surface area contributed by atoms with Gasteiger partial charge >= 0.3 is 7.82 Å². The minimum Gasteiger partial charge on any atom is -0.862 e. The minimum atomic E-state index is -5.01. The number of amides is 3. The summed E-state index contributed by atoms with van der Waals surface area (Å²) in [6, 6.07) is 13.0. The Morgan fingerprint density at radius 2 is 1.60 bits per heavy atom. The third-order valence-electron chi connectivity index (χ3n) is 8.29. The quantitative estimate of drug-likeness (QED) is 0.0275. The van der Waals surface area contributed by atoms with Crippen LogP contribution in [0.4, 0.5) is 0 Å². The Morgan fingerprint density at radius 1 is 0.981 bits per heavy atom. The van der Waals surface area contributed by atoms with Crippen molar-refractivity contribution in [3.63, 3.8) is 0 Å². The van der Waals surface area contributed by atoms with Gasteiger partial charge in [0, 0.05) is 19.4 Å². The topological polar surface area (TPSA) is 301 Å². The molecule has 18 heteroatoms. The van der Waals surface area contributed by atoms with Crippen LogP contribution >= 0.6 is 7.82 Å². The molecule has 0 aromatic heterocycles. The zero-order valence-corrected chi connectivity index (χ0v) is 30.2. The van der Waals surface area contributed by atoms with E-state index in [2.05, 4.69) is 25.9 Å². The number of phosphoric acid groups is 1. The number of hydrogen-bond acceptors (Lipinski definition) is 10.